The van der Waals surface area contributed by atoms with Gasteiger partial charge in [-0.3, -0.25) is 9.67 Å². The lowest BCUT2D eigenvalue weighted by atomic mass is 10.0. The fourth-order valence-corrected chi connectivity index (χ4v) is 3.86. The Balaban J connectivity index is 1.78. The van der Waals surface area contributed by atoms with Crippen molar-refractivity contribution in [2.24, 2.45) is 12.0 Å². The summed E-state index contributed by atoms with van der Waals surface area (Å²) in [4.78, 5) is 11.2. The molecular weight excluding hydrogens is 417 g/mol. The minimum absolute atomic E-state index is 0.129. The van der Waals surface area contributed by atoms with Gasteiger partial charge in [-0.15, -0.1) is 0 Å². The maximum absolute atomic E-state index is 14.8. The molecule has 1 aliphatic heterocycles. The number of allylic oxidation sites excluding steroid dienone is 1. The Morgan fingerprint density at radius 1 is 1.35 bits per heavy atom. The molecule has 1 aromatic carbocycles. The molecule has 0 radical (unpaired) electrons. The van der Waals surface area contributed by atoms with E-state index in [4.69, 9.17) is 21.3 Å². The molecule has 0 spiro atoms. The lowest BCUT2D eigenvalue weighted by molar-refractivity contribution is 0.0395. The average Bonchev–Trinajstić information content (AvgIpc) is 3.21. The van der Waals surface area contributed by atoms with Crippen LogP contribution in [0.3, 0.4) is 0 Å². The van der Waals surface area contributed by atoms with Crippen molar-refractivity contribution in [3.05, 3.63) is 64.7 Å². The Morgan fingerprint density at radius 3 is 2.87 bits per heavy atom. The lowest BCUT2D eigenvalue weighted by Gasteiger charge is -2.34. The number of aryl methyl sites for hydroxylation is 1. The van der Waals surface area contributed by atoms with E-state index in [-0.39, 0.29) is 6.10 Å². The number of rotatable bonds is 5. The predicted octanol–water partition coefficient (Wildman–Crippen LogP) is 5.22. The molecule has 0 N–H and O–H groups in total. The quantitative estimate of drug-likeness (QED) is 0.511. The zero-order valence-corrected chi connectivity index (χ0v) is 18.2. The smallest absolute Gasteiger partial charge is 0.134 e. The highest BCUT2D eigenvalue weighted by Gasteiger charge is 2.26. The van der Waals surface area contributed by atoms with Crippen LogP contribution >= 0.6 is 11.6 Å². The van der Waals surface area contributed by atoms with Gasteiger partial charge in [-0.2, -0.15) is 5.10 Å². The van der Waals surface area contributed by atoms with Crippen LogP contribution in [-0.2, 0) is 11.8 Å². The Hall–Kier alpha value is -3.03. The summed E-state index contributed by atoms with van der Waals surface area (Å²) in [5, 5.41) is 4.57. The molecule has 0 unspecified atom stereocenters. The SMILES string of the molecule is C=Nc1cc(N2CCO[C@@H](c3cnn(C)c3)C2)nc(-c2ccc(Cl)cc2F)c1/C=C\C. The summed E-state index contributed by atoms with van der Waals surface area (Å²) in [5.41, 5.74) is 3.21. The molecule has 1 saturated heterocycles. The predicted molar refractivity (Wildman–Crippen MR) is 123 cm³/mol. The van der Waals surface area contributed by atoms with Crippen LogP contribution in [0, 0.1) is 5.82 Å². The van der Waals surface area contributed by atoms with Crippen molar-refractivity contribution in [2.45, 2.75) is 13.0 Å². The molecule has 1 atom stereocenters. The molecule has 6 nitrogen and oxygen atoms in total. The number of nitrogens with zero attached hydrogens (tertiary/aromatic N) is 5. The number of pyridine rings is 1. The molecule has 160 valence electrons. The van der Waals surface area contributed by atoms with E-state index < -0.39 is 5.82 Å². The zero-order chi connectivity index (χ0) is 22.0. The van der Waals surface area contributed by atoms with E-state index in [1.807, 2.05) is 44.6 Å². The summed E-state index contributed by atoms with van der Waals surface area (Å²) in [6, 6.07) is 6.47. The van der Waals surface area contributed by atoms with Crippen LogP contribution in [0.4, 0.5) is 15.9 Å². The van der Waals surface area contributed by atoms with Gasteiger partial charge in [0.25, 0.3) is 0 Å². The molecule has 0 saturated carbocycles. The molecule has 0 bridgehead atoms. The van der Waals surface area contributed by atoms with Crippen molar-refractivity contribution in [1.29, 1.82) is 0 Å². The fraction of sp³-hybridized carbons (Fsp3) is 0.261. The van der Waals surface area contributed by atoms with E-state index in [2.05, 4.69) is 21.7 Å². The van der Waals surface area contributed by atoms with Crippen molar-refractivity contribution in [1.82, 2.24) is 14.8 Å². The molecule has 1 fully saturated rings. The number of aromatic nitrogens is 3. The summed E-state index contributed by atoms with van der Waals surface area (Å²) >= 11 is 5.96. The fourth-order valence-electron chi connectivity index (χ4n) is 3.70. The van der Waals surface area contributed by atoms with Crippen LogP contribution in [0.5, 0.6) is 0 Å². The average molecular weight is 440 g/mol. The van der Waals surface area contributed by atoms with Gasteiger partial charge in [0.15, 0.2) is 0 Å². The van der Waals surface area contributed by atoms with Crippen molar-refractivity contribution in [3.63, 3.8) is 0 Å². The van der Waals surface area contributed by atoms with E-state index in [1.54, 1.807) is 16.8 Å². The van der Waals surface area contributed by atoms with E-state index in [0.29, 0.717) is 53.0 Å². The highest BCUT2D eigenvalue weighted by atomic mass is 35.5. The van der Waals surface area contributed by atoms with Gasteiger partial charge < -0.3 is 9.64 Å². The lowest BCUT2D eigenvalue weighted by Crippen LogP contribution is -2.38. The Morgan fingerprint density at radius 2 is 2.19 bits per heavy atom. The normalized spacial score (nSPS) is 16.8. The molecular formula is C23H23ClFN5O. The first-order chi connectivity index (χ1) is 15.0. The van der Waals surface area contributed by atoms with Crippen molar-refractivity contribution in [3.8, 4) is 11.3 Å². The number of benzene rings is 1. The number of ether oxygens (including phenoxy) is 1. The molecule has 8 heteroatoms. The maximum atomic E-state index is 14.8. The second-order valence-electron chi connectivity index (χ2n) is 7.30. The third kappa shape index (κ3) is 4.38. The zero-order valence-electron chi connectivity index (χ0n) is 17.4. The first kappa shape index (κ1) is 21.2. The van der Waals surface area contributed by atoms with Gasteiger partial charge in [-0.1, -0.05) is 23.8 Å². The molecule has 31 heavy (non-hydrogen) atoms. The largest absolute Gasteiger partial charge is 0.370 e. The minimum atomic E-state index is -0.437. The molecule has 3 aromatic rings. The number of morpholine rings is 1. The monoisotopic (exact) mass is 439 g/mol. The second-order valence-corrected chi connectivity index (χ2v) is 7.73. The summed E-state index contributed by atoms with van der Waals surface area (Å²) in [6.07, 6.45) is 7.36. The van der Waals surface area contributed by atoms with Crippen molar-refractivity contribution < 1.29 is 9.13 Å². The highest BCUT2D eigenvalue weighted by molar-refractivity contribution is 6.30. The Bertz CT molecular complexity index is 1140. The van der Waals surface area contributed by atoms with Crippen molar-refractivity contribution >= 4 is 35.9 Å². The molecule has 4 rings (SSSR count). The highest BCUT2D eigenvalue weighted by Crippen LogP contribution is 2.37. The van der Waals surface area contributed by atoms with Gasteiger partial charge in [0.05, 0.1) is 24.2 Å². The minimum Gasteiger partial charge on any atom is -0.370 e. The summed E-state index contributed by atoms with van der Waals surface area (Å²) in [5.74, 6) is 0.255. The van der Waals surface area contributed by atoms with Gasteiger partial charge >= 0.3 is 0 Å². The topological polar surface area (TPSA) is 55.5 Å². The summed E-state index contributed by atoms with van der Waals surface area (Å²) < 4.78 is 22.5. The van der Waals surface area contributed by atoms with Gasteiger partial charge in [-0.05, 0) is 31.8 Å². The number of halogens is 2. The first-order valence-corrected chi connectivity index (χ1v) is 10.3. The van der Waals surface area contributed by atoms with Crippen LogP contribution in [0.15, 0.2) is 47.7 Å². The Kier molecular flexibility index (Phi) is 6.15. The van der Waals surface area contributed by atoms with Gasteiger partial charge in [0.1, 0.15) is 17.7 Å². The number of hydrogen-bond donors (Lipinski definition) is 0. The van der Waals surface area contributed by atoms with E-state index in [9.17, 15) is 4.39 Å². The molecule has 0 amide bonds. The molecule has 1 aliphatic rings. The maximum Gasteiger partial charge on any atom is 0.134 e. The van der Waals surface area contributed by atoms with Crippen LogP contribution < -0.4 is 4.90 Å². The van der Waals surface area contributed by atoms with E-state index in [1.165, 1.54) is 6.07 Å². The van der Waals surface area contributed by atoms with Gasteiger partial charge in [0.2, 0.25) is 0 Å². The van der Waals surface area contributed by atoms with Crippen molar-refractivity contribution in [2.75, 3.05) is 24.6 Å². The number of anilines is 1. The van der Waals surface area contributed by atoms with Crippen LogP contribution in [0.1, 0.15) is 24.2 Å². The van der Waals surface area contributed by atoms with E-state index in [0.717, 1.165) is 5.56 Å². The summed E-state index contributed by atoms with van der Waals surface area (Å²) in [7, 11) is 1.88. The molecule has 0 aliphatic carbocycles. The second kappa shape index (κ2) is 8.99. The number of aliphatic imine (C=N–C) groups is 1. The Labute approximate surface area is 185 Å². The van der Waals surface area contributed by atoms with Gasteiger partial charge in [0, 0.05) is 54.1 Å². The summed E-state index contributed by atoms with van der Waals surface area (Å²) in [6.45, 7) is 7.41. The van der Waals surface area contributed by atoms with Gasteiger partial charge in [-0.25, -0.2) is 9.37 Å². The standard InChI is InChI=1S/C23H23ClFN5O/c1-4-5-18-20(26-2)11-22(28-23(18)17-7-6-16(24)10-19(17)25)30-8-9-31-21(14-30)15-12-27-29(3)13-15/h4-7,10-13,21H,2,8-9,14H2,1,3H3/b5-4-/t21-/m1/s1. The first-order valence-electron chi connectivity index (χ1n) is 9.95. The van der Waals surface area contributed by atoms with E-state index >= 15 is 0 Å². The van der Waals surface area contributed by atoms with Crippen LogP contribution in [0.2, 0.25) is 5.02 Å². The molecule has 2 aromatic heterocycles. The molecule has 3 heterocycles. The van der Waals surface area contributed by atoms with Crippen LogP contribution in [0.25, 0.3) is 17.3 Å². The van der Waals surface area contributed by atoms with Crippen LogP contribution in [-0.4, -0.2) is 41.2 Å². The third-order valence-corrected chi connectivity index (χ3v) is 5.44. The number of hydrogen-bond acceptors (Lipinski definition) is 5. The third-order valence-electron chi connectivity index (χ3n) is 5.20.